The molecule has 3 aromatic carbocycles. The fourth-order valence-electron chi connectivity index (χ4n) is 4.28. The van der Waals surface area contributed by atoms with Crippen LogP contribution in [-0.4, -0.2) is 16.1 Å². The van der Waals surface area contributed by atoms with E-state index in [2.05, 4.69) is 137 Å². The third-order valence-corrected chi connectivity index (χ3v) is 5.86. The Morgan fingerprint density at radius 2 is 1.41 bits per heavy atom. The Bertz CT molecular complexity index is 1250. The zero-order valence-electron chi connectivity index (χ0n) is 21.3. The van der Waals surface area contributed by atoms with Crippen molar-refractivity contribution in [3.63, 3.8) is 0 Å². The predicted molar refractivity (Wildman–Crippen MR) is 145 cm³/mol. The van der Waals surface area contributed by atoms with E-state index in [1.54, 1.807) is 0 Å². The maximum Gasteiger partial charge on any atom is 0.0755 e. The number of pyridine rings is 1. The average molecular weight is 452 g/mol. The number of nitrogens with one attached hydrogen (secondary N) is 2. The maximum atomic E-state index is 5.27. The monoisotopic (exact) mass is 451 g/mol. The van der Waals surface area contributed by atoms with Gasteiger partial charge >= 0.3 is 0 Å². The number of hydrogen-bond donors (Lipinski definition) is 2. The van der Waals surface area contributed by atoms with Crippen LogP contribution in [0.5, 0.6) is 0 Å². The molecule has 0 aliphatic rings. The van der Waals surface area contributed by atoms with Crippen LogP contribution in [0.15, 0.2) is 84.9 Å². The normalized spacial score (nSPS) is 13.2. The minimum absolute atomic E-state index is 0.00674. The van der Waals surface area contributed by atoms with E-state index < -0.39 is 0 Å². The van der Waals surface area contributed by atoms with Crippen LogP contribution < -0.4 is 10.6 Å². The van der Waals surface area contributed by atoms with Crippen LogP contribution in [0.3, 0.4) is 0 Å². The highest BCUT2D eigenvalue weighted by atomic mass is 15.0. The van der Waals surface area contributed by atoms with Crippen molar-refractivity contribution in [3.8, 4) is 11.3 Å². The van der Waals surface area contributed by atoms with Crippen LogP contribution in [0.1, 0.15) is 64.4 Å². The van der Waals surface area contributed by atoms with Crippen LogP contribution in [0.4, 0.5) is 0 Å². The van der Waals surface area contributed by atoms with Crippen molar-refractivity contribution in [1.29, 1.82) is 0 Å². The summed E-state index contributed by atoms with van der Waals surface area (Å²) in [7, 11) is 0. The van der Waals surface area contributed by atoms with Crippen molar-refractivity contribution in [2.24, 2.45) is 0 Å². The summed E-state index contributed by atoms with van der Waals surface area (Å²) in [4.78, 5) is 5.27. The van der Waals surface area contributed by atoms with Crippen molar-refractivity contribution in [2.45, 2.75) is 65.2 Å². The van der Waals surface area contributed by atoms with E-state index in [0.717, 1.165) is 17.9 Å². The summed E-state index contributed by atoms with van der Waals surface area (Å²) in [5.41, 5.74) is 5.71. The van der Waals surface area contributed by atoms with Crippen molar-refractivity contribution in [1.82, 2.24) is 15.6 Å². The largest absolute Gasteiger partial charge is 0.308 e. The fourth-order valence-corrected chi connectivity index (χ4v) is 4.28. The third kappa shape index (κ3) is 5.91. The first-order chi connectivity index (χ1) is 16.1. The van der Waals surface area contributed by atoms with Crippen LogP contribution in [-0.2, 0) is 6.54 Å². The van der Waals surface area contributed by atoms with E-state index in [-0.39, 0.29) is 17.1 Å². The molecule has 4 rings (SSSR count). The number of fused-ring (bicyclic) bond motifs is 1. The fraction of sp³-hybridized carbons (Fsp3) is 0.323. The number of rotatable bonds is 6. The van der Waals surface area contributed by atoms with E-state index in [0.29, 0.717) is 0 Å². The summed E-state index contributed by atoms with van der Waals surface area (Å²) >= 11 is 0. The van der Waals surface area contributed by atoms with Gasteiger partial charge in [0.1, 0.15) is 0 Å². The van der Waals surface area contributed by atoms with Gasteiger partial charge in [-0.2, -0.15) is 0 Å². The summed E-state index contributed by atoms with van der Waals surface area (Å²) in [5, 5.41) is 9.93. The third-order valence-electron chi connectivity index (χ3n) is 5.86. The Kier molecular flexibility index (Phi) is 6.88. The topological polar surface area (TPSA) is 37.0 Å². The van der Waals surface area contributed by atoms with Gasteiger partial charge in [-0.1, -0.05) is 72.8 Å². The maximum absolute atomic E-state index is 5.27. The van der Waals surface area contributed by atoms with Crippen molar-refractivity contribution in [3.05, 3.63) is 102 Å². The molecule has 0 saturated carbocycles. The molecular weight excluding hydrogens is 414 g/mol. The highest BCUT2D eigenvalue weighted by Gasteiger charge is 2.23. The molecular formula is C31H37N3. The Labute approximate surface area is 204 Å². The van der Waals surface area contributed by atoms with Gasteiger partial charge in [-0.25, -0.2) is 0 Å². The van der Waals surface area contributed by atoms with Gasteiger partial charge in [-0.15, -0.1) is 0 Å². The minimum Gasteiger partial charge on any atom is -0.308 e. The van der Waals surface area contributed by atoms with Gasteiger partial charge in [0.15, 0.2) is 0 Å². The second-order valence-corrected chi connectivity index (χ2v) is 11.1. The predicted octanol–water partition coefficient (Wildman–Crippen LogP) is 7.27. The quantitative estimate of drug-likeness (QED) is 0.324. The smallest absolute Gasteiger partial charge is 0.0755 e. The number of benzene rings is 3. The minimum atomic E-state index is -0.0561. The molecule has 176 valence electrons. The summed E-state index contributed by atoms with van der Waals surface area (Å²) in [6, 6.07) is 30.1. The average Bonchev–Trinajstić information content (AvgIpc) is 2.80. The van der Waals surface area contributed by atoms with Crippen LogP contribution >= 0.6 is 0 Å². The van der Waals surface area contributed by atoms with E-state index in [9.17, 15) is 0 Å². The molecule has 1 heterocycles. The van der Waals surface area contributed by atoms with Crippen LogP contribution in [0.25, 0.3) is 22.0 Å². The van der Waals surface area contributed by atoms with E-state index in [1.807, 2.05) is 0 Å². The first-order valence-corrected chi connectivity index (χ1v) is 12.2. The zero-order valence-corrected chi connectivity index (χ0v) is 21.3. The molecule has 34 heavy (non-hydrogen) atoms. The summed E-state index contributed by atoms with van der Waals surface area (Å²) < 4.78 is 0. The summed E-state index contributed by atoms with van der Waals surface area (Å²) in [6.07, 6.45) is 0. The molecule has 4 aromatic rings. The van der Waals surface area contributed by atoms with Crippen molar-refractivity contribution < 1.29 is 0 Å². The molecule has 0 spiro atoms. The molecule has 0 saturated heterocycles. The Balaban J connectivity index is 1.85. The summed E-state index contributed by atoms with van der Waals surface area (Å²) in [6.45, 7) is 14.0. The molecule has 1 atom stereocenters. The SMILES string of the molecule is CC(C)(C)NCc1ccc2ccccc2c1-c1cccc(C(NC(C)(C)C)c2ccccc2)n1. The van der Waals surface area contributed by atoms with Crippen molar-refractivity contribution >= 4 is 10.8 Å². The first-order valence-electron chi connectivity index (χ1n) is 12.2. The summed E-state index contributed by atoms with van der Waals surface area (Å²) in [5.74, 6) is 0. The molecule has 0 fully saturated rings. The molecule has 0 aliphatic carbocycles. The lowest BCUT2D eigenvalue weighted by Gasteiger charge is -2.29. The number of nitrogens with zero attached hydrogens (tertiary/aromatic N) is 1. The Morgan fingerprint density at radius 3 is 2.12 bits per heavy atom. The second-order valence-electron chi connectivity index (χ2n) is 11.1. The molecule has 0 aliphatic heterocycles. The lowest BCUT2D eigenvalue weighted by atomic mass is 9.94. The lowest BCUT2D eigenvalue weighted by Crippen LogP contribution is -2.39. The van der Waals surface area contributed by atoms with Gasteiger partial charge in [-0.3, -0.25) is 4.98 Å². The Morgan fingerprint density at radius 1 is 0.706 bits per heavy atom. The molecule has 0 bridgehead atoms. The van der Waals surface area contributed by atoms with Gasteiger partial charge in [0.05, 0.1) is 17.4 Å². The van der Waals surface area contributed by atoms with Gasteiger partial charge in [0.2, 0.25) is 0 Å². The Hall–Kier alpha value is -3.01. The van der Waals surface area contributed by atoms with E-state index >= 15 is 0 Å². The van der Waals surface area contributed by atoms with E-state index in [1.165, 1.54) is 27.5 Å². The van der Waals surface area contributed by atoms with Gasteiger partial charge in [0.25, 0.3) is 0 Å². The van der Waals surface area contributed by atoms with Gasteiger partial charge < -0.3 is 10.6 Å². The first kappa shape index (κ1) is 24.1. The highest BCUT2D eigenvalue weighted by Crippen LogP contribution is 2.33. The highest BCUT2D eigenvalue weighted by molar-refractivity contribution is 5.97. The second kappa shape index (κ2) is 9.69. The molecule has 0 amide bonds. The standard InChI is InChI=1S/C31H37N3/c1-30(2,3)32-21-24-20-19-22-13-10-11-16-25(22)28(24)26-17-12-18-27(33-26)29(34-31(4,5)6)23-14-8-7-9-15-23/h7-20,29,32,34H,21H2,1-6H3. The molecule has 3 heteroatoms. The van der Waals surface area contributed by atoms with Crippen LogP contribution in [0, 0.1) is 0 Å². The number of hydrogen-bond acceptors (Lipinski definition) is 3. The number of aromatic nitrogens is 1. The van der Waals surface area contributed by atoms with Gasteiger partial charge in [0, 0.05) is 23.2 Å². The molecule has 1 unspecified atom stereocenters. The van der Waals surface area contributed by atoms with Gasteiger partial charge in [-0.05, 0) is 75.6 Å². The lowest BCUT2D eigenvalue weighted by molar-refractivity contribution is 0.387. The molecule has 0 radical (unpaired) electrons. The van der Waals surface area contributed by atoms with E-state index in [4.69, 9.17) is 4.98 Å². The molecule has 1 aromatic heterocycles. The zero-order chi connectivity index (χ0) is 24.3. The van der Waals surface area contributed by atoms with Crippen LogP contribution in [0.2, 0.25) is 0 Å². The molecule has 2 N–H and O–H groups in total. The molecule has 3 nitrogen and oxygen atoms in total. The van der Waals surface area contributed by atoms with Crippen molar-refractivity contribution in [2.75, 3.05) is 0 Å².